The number of nitrogens with one attached hydrogen (secondary N) is 1. The van der Waals surface area contributed by atoms with Crippen molar-refractivity contribution in [2.45, 2.75) is 20.4 Å². The van der Waals surface area contributed by atoms with Crippen molar-refractivity contribution in [1.29, 1.82) is 0 Å². The Labute approximate surface area is 201 Å². The lowest BCUT2D eigenvalue weighted by atomic mass is 10.2. The van der Waals surface area contributed by atoms with E-state index in [1.807, 2.05) is 31.2 Å². The molecule has 35 heavy (non-hydrogen) atoms. The zero-order valence-electron chi connectivity index (χ0n) is 19.9. The molecule has 11 heteroatoms. The first kappa shape index (κ1) is 23.6. The van der Waals surface area contributed by atoms with Crippen LogP contribution in [0.3, 0.4) is 0 Å². The predicted octanol–water partition coefficient (Wildman–Crippen LogP) is 3.54. The van der Waals surface area contributed by atoms with Crippen molar-refractivity contribution in [2.24, 2.45) is 0 Å². The first-order chi connectivity index (χ1) is 16.9. The highest BCUT2D eigenvalue weighted by atomic mass is 16.5. The largest absolute Gasteiger partial charge is 0.497 e. The lowest BCUT2D eigenvalue weighted by molar-refractivity contribution is 0.102. The van der Waals surface area contributed by atoms with E-state index in [4.69, 9.17) is 24.4 Å². The Morgan fingerprint density at radius 3 is 2.54 bits per heavy atom. The van der Waals surface area contributed by atoms with Crippen LogP contribution in [0.15, 0.2) is 46.9 Å². The Morgan fingerprint density at radius 2 is 1.86 bits per heavy atom. The molecule has 11 nitrogen and oxygen atoms in total. The van der Waals surface area contributed by atoms with Crippen molar-refractivity contribution in [1.82, 2.24) is 20.0 Å². The first-order valence-corrected chi connectivity index (χ1v) is 10.8. The quantitative estimate of drug-likeness (QED) is 0.370. The van der Waals surface area contributed by atoms with Gasteiger partial charge in [-0.2, -0.15) is 0 Å². The van der Waals surface area contributed by atoms with E-state index in [0.717, 1.165) is 11.3 Å². The van der Waals surface area contributed by atoms with Crippen LogP contribution >= 0.6 is 0 Å². The van der Waals surface area contributed by atoms with E-state index in [9.17, 15) is 4.79 Å². The molecule has 2 aromatic heterocycles. The summed E-state index contributed by atoms with van der Waals surface area (Å²) in [6, 6.07) is 12.5. The molecule has 0 saturated carbocycles. The summed E-state index contributed by atoms with van der Waals surface area (Å²) in [6.07, 6.45) is 0. The van der Waals surface area contributed by atoms with Gasteiger partial charge in [-0.25, -0.2) is 9.67 Å². The second-order valence-electron chi connectivity index (χ2n) is 7.48. The topological polar surface area (TPSA) is 140 Å². The Kier molecular flexibility index (Phi) is 6.86. The van der Waals surface area contributed by atoms with Gasteiger partial charge in [0.1, 0.15) is 28.7 Å². The summed E-state index contributed by atoms with van der Waals surface area (Å²) in [7, 11) is 3.04. The Balaban J connectivity index is 1.50. The van der Waals surface area contributed by atoms with Crippen molar-refractivity contribution in [2.75, 3.05) is 31.9 Å². The van der Waals surface area contributed by atoms with Crippen LogP contribution in [0.25, 0.3) is 11.5 Å². The smallest absolute Gasteiger partial charge is 0.280 e. The van der Waals surface area contributed by atoms with Crippen LogP contribution in [-0.4, -0.2) is 46.7 Å². The van der Waals surface area contributed by atoms with Gasteiger partial charge in [0.2, 0.25) is 5.89 Å². The molecule has 0 unspecified atom stereocenters. The molecule has 0 atom stereocenters. The second kappa shape index (κ2) is 10.2. The maximum atomic E-state index is 12.8. The summed E-state index contributed by atoms with van der Waals surface area (Å²) in [6.45, 7) is 4.51. The highest BCUT2D eigenvalue weighted by molar-refractivity contribution is 6.06. The van der Waals surface area contributed by atoms with Crippen molar-refractivity contribution in [3.05, 3.63) is 59.6 Å². The Bertz CT molecular complexity index is 1330. The van der Waals surface area contributed by atoms with Crippen LogP contribution in [0.5, 0.6) is 17.2 Å². The molecule has 0 radical (unpaired) electrons. The third-order valence-electron chi connectivity index (χ3n) is 5.25. The number of nitrogen functional groups attached to an aromatic ring is 1. The van der Waals surface area contributed by atoms with E-state index < -0.39 is 5.91 Å². The molecular weight excluding hydrogens is 452 g/mol. The summed E-state index contributed by atoms with van der Waals surface area (Å²) >= 11 is 0. The van der Waals surface area contributed by atoms with E-state index in [2.05, 4.69) is 20.6 Å². The van der Waals surface area contributed by atoms with Crippen LogP contribution in [0.2, 0.25) is 0 Å². The third-order valence-corrected chi connectivity index (χ3v) is 5.25. The van der Waals surface area contributed by atoms with Gasteiger partial charge in [0.15, 0.2) is 11.5 Å². The average molecular weight is 479 g/mol. The van der Waals surface area contributed by atoms with E-state index in [-0.39, 0.29) is 18.1 Å². The third kappa shape index (κ3) is 5.03. The van der Waals surface area contributed by atoms with E-state index in [0.29, 0.717) is 41.1 Å². The van der Waals surface area contributed by atoms with Crippen LogP contribution < -0.4 is 25.3 Å². The Morgan fingerprint density at radius 1 is 1.11 bits per heavy atom. The number of anilines is 2. The number of oxazole rings is 1. The standard InChI is InChI=1S/C24H26N6O5/c1-5-34-16-8-6-15(7-9-16)24-27-19(14(2)35-24)13-30-22(25)21(28-29-30)23(31)26-18-11-10-17(32-3)12-20(18)33-4/h6-12H,5,13,25H2,1-4H3,(H,26,31). The molecule has 2 aromatic carbocycles. The summed E-state index contributed by atoms with van der Waals surface area (Å²) in [5.41, 5.74) is 8.04. The molecule has 182 valence electrons. The van der Waals surface area contributed by atoms with E-state index in [1.165, 1.54) is 11.8 Å². The molecule has 2 heterocycles. The fourth-order valence-electron chi connectivity index (χ4n) is 3.38. The average Bonchev–Trinajstić information content (AvgIpc) is 3.42. The molecule has 0 fully saturated rings. The molecule has 3 N–H and O–H groups in total. The lowest BCUT2D eigenvalue weighted by Gasteiger charge is -2.11. The normalized spacial score (nSPS) is 10.7. The number of carbonyl (C=O) groups is 1. The van der Waals surface area contributed by atoms with Gasteiger partial charge in [0.05, 0.1) is 33.1 Å². The number of nitrogens with zero attached hydrogens (tertiary/aromatic N) is 4. The van der Waals surface area contributed by atoms with Crippen molar-refractivity contribution in [3.63, 3.8) is 0 Å². The van der Waals surface area contributed by atoms with Crippen LogP contribution in [0.4, 0.5) is 11.5 Å². The van der Waals surface area contributed by atoms with Gasteiger partial charge < -0.3 is 29.7 Å². The SMILES string of the molecule is CCOc1ccc(-c2nc(Cn3nnc(C(=O)Nc4ccc(OC)cc4OC)c3N)c(C)o2)cc1. The minimum atomic E-state index is -0.524. The molecule has 0 spiro atoms. The number of hydrogen-bond acceptors (Lipinski definition) is 9. The number of aryl methyl sites for hydroxylation is 1. The van der Waals surface area contributed by atoms with Gasteiger partial charge in [0, 0.05) is 11.6 Å². The zero-order valence-corrected chi connectivity index (χ0v) is 19.9. The monoisotopic (exact) mass is 478 g/mol. The summed E-state index contributed by atoms with van der Waals surface area (Å²) in [4.78, 5) is 17.4. The van der Waals surface area contributed by atoms with Crippen LogP contribution in [-0.2, 0) is 6.54 Å². The molecular formula is C24H26N6O5. The van der Waals surface area contributed by atoms with Crippen molar-refractivity contribution < 1.29 is 23.4 Å². The summed E-state index contributed by atoms with van der Waals surface area (Å²) < 4.78 is 23.2. The maximum absolute atomic E-state index is 12.8. The number of ether oxygens (including phenoxy) is 3. The lowest BCUT2D eigenvalue weighted by Crippen LogP contribution is -2.16. The highest BCUT2D eigenvalue weighted by Gasteiger charge is 2.21. The van der Waals surface area contributed by atoms with Crippen LogP contribution in [0.1, 0.15) is 28.9 Å². The minimum absolute atomic E-state index is 0.0178. The van der Waals surface area contributed by atoms with Crippen molar-refractivity contribution >= 4 is 17.4 Å². The minimum Gasteiger partial charge on any atom is -0.497 e. The molecule has 0 aliphatic carbocycles. The molecule has 0 saturated heterocycles. The number of rotatable bonds is 9. The number of methoxy groups -OCH3 is 2. The summed E-state index contributed by atoms with van der Waals surface area (Å²) in [5.74, 6) is 2.44. The van der Waals surface area contributed by atoms with Gasteiger partial charge in [-0.05, 0) is 50.2 Å². The number of aromatic nitrogens is 4. The molecule has 4 aromatic rings. The number of hydrogen-bond donors (Lipinski definition) is 2. The van der Waals surface area contributed by atoms with E-state index in [1.54, 1.807) is 32.2 Å². The van der Waals surface area contributed by atoms with Gasteiger partial charge in [-0.1, -0.05) is 5.21 Å². The fraction of sp³-hybridized carbons (Fsp3) is 0.250. The predicted molar refractivity (Wildman–Crippen MR) is 129 cm³/mol. The number of benzene rings is 2. The Hall–Kier alpha value is -4.54. The zero-order chi connectivity index (χ0) is 24.9. The van der Waals surface area contributed by atoms with Crippen molar-refractivity contribution in [3.8, 4) is 28.7 Å². The maximum Gasteiger partial charge on any atom is 0.280 e. The van der Waals surface area contributed by atoms with E-state index >= 15 is 0 Å². The van der Waals surface area contributed by atoms with Gasteiger partial charge in [0.25, 0.3) is 5.91 Å². The molecule has 0 bridgehead atoms. The second-order valence-corrected chi connectivity index (χ2v) is 7.48. The molecule has 0 aliphatic heterocycles. The first-order valence-electron chi connectivity index (χ1n) is 10.8. The molecule has 1 amide bonds. The fourth-order valence-corrected chi connectivity index (χ4v) is 3.38. The van der Waals surface area contributed by atoms with Gasteiger partial charge >= 0.3 is 0 Å². The summed E-state index contributed by atoms with van der Waals surface area (Å²) in [5, 5.41) is 10.7. The van der Waals surface area contributed by atoms with Gasteiger partial charge in [-0.15, -0.1) is 5.10 Å². The van der Waals surface area contributed by atoms with Crippen LogP contribution in [0, 0.1) is 6.92 Å². The number of carbonyl (C=O) groups excluding carboxylic acids is 1. The molecule has 0 aliphatic rings. The number of amides is 1. The molecule has 4 rings (SSSR count). The van der Waals surface area contributed by atoms with Gasteiger partial charge in [-0.3, -0.25) is 4.79 Å². The highest BCUT2D eigenvalue weighted by Crippen LogP contribution is 2.30. The number of nitrogens with two attached hydrogens (primary N) is 1.